The zero-order valence-electron chi connectivity index (χ0n) is 8.52. The van der Waals surface area contributed by atoms with Crippen molar-refractivity contribution in [2.45, 2.75) is 25.3 Å². The lowest BCUT2D eigenvalue weighted by Gasteiger charge is -2.23. The number of nitrogens with two attached hydrogens (primary N) is 2. The molecular weight excluding hydrogens is 178 g/mol. The number of hydrogen-bond donors (Lipinski definition) is 2. The summed E-state index contributed by atoms with van der Waals surface area (Å²) >= 11 is 0. The van der Waals surface area contributed by atoms with E-state index in [0.29, 0.717) is 12.0 Å². The highest BCUT2D eigenvalue weighted by Gasteiger charge is 2.29. The first kappa shape index (κ1) is 9.58. The minimum Gasteiger partial charge on any atom is -0.368 e. The molecule has 0 aliphatic carbocycles. The van der Waals surface area contributed by atoms with Gasteiger partial charge in [-0.05, 0) is 32.4 Å². The number of nitrogens with zero attached hydrogens (tertiary/aromatic N) is 3. The van der Waals surface area contributed by atoms with E-state index in [1.807, 2.05) is 0 Å². The van der Waals surface area contributed by atoms with Crippen molar-refractivity contribution >= 4 is 5.96 Å². The molecule has 2 rings (SSSR count). The molecule has 0 aromatic carbocycles. The molecule has 0 amide bonds. The van der Waals surface area contributed by atoms with Gasteiger partial charge in [0.1, 0.15) is 0 Å². The van der Waals surface area contributed by atoms with Crippen molar-refractivity contribution in [1.82, 2.24) is 9.80 Å². The second-order valence-electron chi connectivity index (χ2n) is 4.12. The maximum atomic E-state index is 5.67. The normalized spacial score (nSPS) is 30.1. The van der Waals surface area contributed by atoms with Crippen molar-refractivity contribution in [3.8, 4) is 0 Å². The van der Waals surface area contributed by atoms with Gasteiger partial charge in [0.05, 0.1) is 0 Å². The SMILES string of the molecule is N/N=C(\N)N1CCC(N2CCCC2)C1. The molecule has 80 valence electrons. The summed E-state index contributed by atoms with van der Waals surface area (Å²) in [5.74, 6) is 5.64. The van der Waals surface area contributed by atoms with Gasteiger partial charge in [-0.3, -0.25) is 4.90 Å². The standard InChI is InChI=1S/C9H19N5/c10-9(12-11)14-6-3-8(7-14)13-4-1-2-5-13/h8H,1-7,11H2,(H2,10,12). The second-order valence-corrected chi connectivity index (χ2v) is 4.12. The smallest absolute Gasteiger partial charge is 0.213 e. The Morgan fingerprint density at radius 3 is 2.57 bits per heavy atom. The highest BCUT2D eigenvalue weighted by molar-refractivity contribution is 5.78. The lowest BCUT2D eigenvalue weighted by molar-refractivity contribution is 0.249. The fourth-order valence-corrected chi connectivity index (χ4v) is 2.44. The van der Waals surface area contributed by atoms with Gasteiger partial charge in [0.2, 0.25) is 5.96 Å². The van der Waals surface area contributed by atoms with E-state index in [9.17, 15) is 0 Å². The van der Waals surface area contributed by atoms with Gasteiger partial charge in [-0.25, -0.2) is 0 Å². The van der Waals surface area contributed by atoms with Crippen LogP contribution < -0.4 is 11.6 Å². The van der Waals surface area contributed by atoms with Gasteiger partial charge >= 0.3 is 0 Å². The Kier molecular flexibility index (Phi) is 2.77. The molecule has 2 aliphatic heterocycles. The van der Waals surface area contributed by atoms with Crippen LogP contribution in [0.4, 0.5) is 0 Å². The summed E-state index contributed by atoms with van der Waals surface area (Å²) in [5.41, 5.74) is 5.67. The van der Waals surface area contributed by atoms with Gasteiger partial charge in [-0.1, -0.05) is 0 Å². The Balaban J connectivity index is 1.87. The molecule has 5 heteroatoms. The molecule has 0 saturated carbocycles. The first-order chi connectivity index (χ1) is 6.81. The van der Waals surface area contributed by atoms with Gasteiger partial charge in [0, 0.05) is 19.1 Å². The quantitative estimate of drug-likeness (QED) is 0.253. The fraction of sp³-hybridized carbons (Fsp3) is 0.889. The molecule has 1 unspecified atom stereocenters. The van der Waals surface area contributed by atoms with E-state index < -0.39 is 0 Å². The minimum absolute atomic E-state index is 0.478. The van der Waals surface area contributed by atoms with Crippen molar-refractivity contribution < 1.29 is 0 Å². The van der Waals surface area contributed by atoms with Gasteiger partial charge in [0.25, 0.3) is 0 Å². The van der Waals surface area contributed by atoms with Crippen LogP contribution in [0.15, 0.2) is 5.10 Å². The highest BCUT2D eigenvalue weighted by Crippen LogP contribution is 2.19. The van der Waals surface area contributed by atoms with E-state index in [4.69, 9.17) is 11.6 Å². The molecular formula is C9H19N5. The molecule has 5 nitrogen and oxygen atoms in total. The molecule has 1 atom stereocenters. The van der Waals surface area contributed by atoms with Crippen molar-refractivity contribution in [2.75, 3.05) is 26.2 Å². The van der Waals surface area contributed by atoms with E-state index in [-0.39, 0.29) is 0 Å². The van der Waals surface area contributed by atoms with Crippen LogP contribution in [0, 0.1) is 0 Å². The number of guanidine groups is 1. The molecule has 0 radical (unpaired) electrons. The maximum Gasteiger partial charge on any atom is 0.213 e. The Labute approximate surface area is 84.7 Å². The summed E-state index contributed by atoms with van der Waals surface area (Å²) in [7, 11) is 0. The Bertz CT molecular complexity index is 221. The topological polar surface area (TPSA) is 70.9 Å². The van der Waals surface area contributed by atoms with Gasteiger partial charge in [0.15, 0.2) is 0 Å². The number of rotatable bonds is 1. The molecule has 4 N–H and O–H groups in total. The van der Waals surface area contributed by atoms with Crippen LogP contribution in [0.2, 0.25) is 0 Å². The van der Waals surface area contributed by atoms with Crippen LogP contribution in [-0.4, -0.2) is 48.0 Å². The summed E-state index contributed by atoms with van der Waals surface area (Å²) in [6.45, 7) is 4.48. The third-order valence-electron chi connectivity index (χ3n) is 3.28. The predicted octanol–water partition coefficient (Wildman–Crippen LogP) is -0.655. The van der Waals surface area contributed by atoms with Crippen molar-refractivity contribution in [1.29, 1.82) is 0 Å². The third-order valence-corrected chi connectivity index (χ3v) is 3.28. The summed E-state index contributed by atoms with van der Waals surface area (Å²) in [4.78, 5) is 4.63. The molecule has 0 bridgehead atoms. The van der Waals surface area contributed by atoms with Crippen LogP contribution in [0.25, 0.3) is 0 Å². The summed E-state index contributed by atoms with van der Waals surface area (Å²) in [6.07, 6.45) is 3.88. The molecule has 2 saturated heterocycles. The third kappa shape index (κ3) is 1.77. The van der Waals surface area contributed by atoms with Crippen molar-refractivity contribution in [3.05, 3.63) is 0 Å². The lowest BCUT2D eigenvalue weighted by atomic mass is 10.2. The summed E-state index contributed by atoms with van der Waals surface area (Å²) in [6, 6.07) is 0.665. The zero-order valence-corrected chi connectivity index (χ0v) is 8.52. The van der Waals surface area contributed by atoms with Crippen LogP contribution in [0.1, 0.15) is 19.3 Å². The molecule has 2 fully saturated rings. The van der Waals surface area contributed by atoms with E-state index >= 15 is 0 Å². The molecule has 0 spiro atoms. The Morgan fingerprint density at radius 1 is 1.21 bits per heavy atom. The average molecular weight is 197 g/mol. The minimum atomic E-state index is 0.478. The zero-order chi connectivity index (χ0) is 9.97. The Hall–Kier alpha value is -0.970. The number of likely N-dealkylation sites (tertiary alicyclic amines) is 2. The first-order valence-corrected chi connectivity index (χ1v) is 5.33. The van der Waals surface area contributed by atoms with E-state index in [1.165, 1.54) is 32.4 Å². The maximum absolute atomic E-state index is 5.67. The van der Waals surface area contributed by atoms with Crippen molar-refractivity contribution in [3.63, 3.8) is 0 Å². The predicted molar refractivity (Wildman–Crippen MR) is 56.6 cm³/mol. The summed E-state index contributed by atoms with van der Waals surface area (Å²) in [5, 5.41) is 3.53. The fourth-order valence-electron chi connectivity index (χ4n) is 2.44. The monoisotopic (exact) mass is 197 g/mol. The van der Waals surface area contributed by atoms with Crippen molar-refractivity contribution in [2.24, 2.45) is 16.7 Å². The highest BCUT2D eigenvalue weighted by atomic mass is 15.4. The molecule has 0 aromatic rings. The molecule has 2 aliphatic rings. The van der Waals surface area contributed by atoms with E-state index in [2.05, 4.69) is 14.9 Å². The van der Waals surface area contributed by atoms with Gasteiger partial charge < -0.3 is 16.5 Å². The van der Waals surface area contributed by atoms with Crippen LogP contribution in [-0.2, 0) is 0 Å². The average Bonchev–Trinajstić information content (AvgIpc) is 2.86. The van der Waals surface area contributed by atoms with E-state index in [0.717, 1.165) is 13.1 Å². The van der Waals surface area contributed by atoms with Crippen LogP contribution >= 0.6 is 0 Å². The van der Waals surface area contributed by atoms with Gasteiger partial charge in [-0.15, -0.1) is 5.10 Å². The van der Waals surface area contributed by atoms with Gasteiger partial charge in [-0.2, -0.15) is 0 Å². The largest absolute Gasteiger partial charge is 0.368 e. The van der Waals surface area contributed by atoms with Crippen LogP contribution in [0.3, 0.4) is 0 Å². The molecule has 14 heavy (non-hydrogen) atoms. The number of hydrogen-bond acceptors (Lipinski definition) is 3. The van der Waals surface area contributed by atoms with E-state index in [1.54, 1.807) is 0 Å². The first-order valence-electron chi connectivity index (χ1n) is 5.33. The summed E-state index contributed by atoms with van der Waals surface area (Å²) < 4.78 is 0. The second kappa shape index (κ2) is 4.04. The lowest BCUT2D eigenvalue weighted by Crippen LogP contribution is -2.40. The van der Waals surface area contributed by atoms with Crippen LogP contribution in [0.5, 0.6) is 0 Å². The number of hydrazone groups is 1. The Morgan fingerprint density at radius 2 is 1.93 bits per heavy atom. The molecule has 2 heterocycles. The molecule has 0 aromatic heterocycles.